The number of unbranched alkanes of at least 4 members (excludes halogenated alkanes) is 2. The van der Waals surface area contributed by atoms with Crippen molar-refractivity contribution in [2.24, 2.45) is 0 Å². The van der Waals surface area contributed by atoms with Gasteiger partial charge in [0, 0.05) is 19.4 Å². The summed E-state index contributed by atoms with van der Waals surface area (Å²) in [6.07, 6.45) is 6.07. The molecule has 0 unspecified atom stereocenters. The molecule has 0 radical (unpaired) electrons. The number of fused-ring (bicyclic) bond motifs is 1. The predicted molar refractivity (Wildman–Crippen MR) is 66.1 cm³/mol. The summed E-state index contributed by atoms with van der Waals surface area (Å²) in [5.41, 5.74) is 0. The first-order chi connectivity index (χ1) is 8.33. The molecule has 0 atom stereocenters. The Kier molecular flexibility index (Phi) is 4.29. The molecule has 1 N–H and O–H groups in total. The maximum Gasteiger partial charge on any atom is 0.228 e. The van der Waals surface area contributed by atoms with Gasteiger partial charge in [-0.25, -0.2) is 0 Å². The van der Waals surface area contributed by atoms with Crippen molar-refractivity contribution in [3.05, 3.63) is 11.6 Å². The number of rotatable bonds is 4. The lowest BCUT2D eigenvalue weighted by Crippen LogP contribution is -2.40. The van der Waals surface area contributed by atoms with Crippen molar-refractivity contribution in [2.75, 3.05) is 19.7 Å². The first-order valence-corrected chi connectivity index (χ1v) is 6.73. The molecule has 2 aliphatic rings. The SMILES string of the molecule is CCCCCC1=C2NCCCC(=O)N2CCO1. The summed E-state index contributed by atoms with van der Waals surface area (Å²) >= 11 is 0. The molecule has 1 saturated heterocycles. The van der Waals surface area contributed by atoms with Gasteiger partial charge in [0.1, 0.15) is 18.2 Å². The van der Waals surface area contributed by atoms with Gasteiger partial charge >= 0.3 is 0 Å². The van der Waals surface area contributed by atoms with Gasteiger partial charge in [-0.2, -0.15) is 0 Å². The molecule has 2 heterocycles. The van der Waals surface area contributed by atoms with Gasteiger partial charge in [-0.15, -0.1) is 0 Å². The van der Waals surface area contributed by atoms with Crippen LogP contribution < -0.4 is 5.32 Å². The van der Waals surface area contributed by atoms with E-state index in [1.54, 1.807) is 0 Å². The lowest BCUT2D eigenvalue weighted by Gasteiger charge is -2.31. The van der Waals surface area contributed by atoms with Crippen LogP contribution in [-0.4, -0.2) is 30.5 Å². The zero-order valence-electron chi connectivity index (χ0n) is 10.6. The molecule has 1 amide bonds. The summed E-state index contributed by atoms with van der Waals surface area (Å²) in [4.78, 5) is 13.8. The van der Waals surface area contributed by atoms with E-state index in [1.807, 2.05) is 4.90 Å². The molecule has 2 rings (SSSR count). The van der Waals surface area contributed by atoms with Crippen LogP contribution in [0.1, 0.15) is 45.4 Å². The number of hydrogen-bond acceptors (Lipinski definition) is 3. The molecule has 0 aromatic carbocycles. The maximum atomic E-state index is 11.9. The van der Waals surface area contributed by atoms with Gasteiger partial charge in [0.25, 0.3) is 0 Å². The van der Waals surface area contributed by atoms with E-state index in [0.29, 0.717) is 19.6 Å². The molecular weight excluding hydrogens is 216 g/mol. The second-order valence-corrected chi connectivity index (χ2v) is 4.65. The fourth-order valence-corrected chi connectivity index (χ4v) is 2.34. The van der Waals surface area contributed by atoms with Crippen molar-refractivity contribution in [1.82, 2.24) is 10.2 Å². The molecule has 0 aliphatic carbocycles. The van der Waals surface area contributed by atoms with E-state index in [2.05, 4.69) is 12.2 Å². The quantitative estimate of drug-likeness (QED) is 0.761. The van der Waals surface area contributed by atoms with E-state index < -0.39 is 0 Å². The van der Waals surface area contributed by atoms with Gasteiger partial charge in [-0.05, 0) is 12.8 Å². The number of allylic oxidation sites excluding steroid dienone is 1. The number of amides is 1. The number of carbonyl (C=O) groups is 1. The van der Waals surface area contributed by atoms with Crippen molar-refractivity contribution in [1.29, 1.82) is 0 Å². The summed E-state index contributed by atoms with van der Waals surface area (Å²) in [7, 11) is 0. The minimum absolute atomic E-state index is 0.237. The first kappa shape index (κ1) is 12.3. The van der Waals surface area contributed by atoms with Crippen LogP contribution in [0.3, 0.4) is 0 Å². The lowest BCUT2D eigenvalue weighted by atomic mass is 10.1. The lowest BCUT2D eigenvalue weighted by molar-refractivity contribution is -0.130. The summed E-state index contributed by atoms with van der Waals surface area (Å²) in [6.45, 7) is 4.40. The Morgan fingerprint density at radius 3 is 3.12 bits per heavy atom. The van der Waals surface area contributed by atoms with Crippen LogP contribution in [0.25, 0.3) is 0 Å². The third-order valence-electron chi connectivity index (χ3n) is 3.29. The maximum absolute atomic E-state index is 11.9. The fourth-order valence-electron chi connectivity index (χ4n) is 2.34. The molecule has 2 aliphatic heterocycles. The second-order valence-electron chi connectivity index (χ2n) is 4.65. The van der Waals surface area contributed by atoms with E-state index in [1.165, 1.54) is 12.8 Å². The topological polar surface area (TPSA) is 41.6 Å². The zero-order valence-corrected chi connectivity index (χ0v) is 10.6. The Hall–Kier alpha value is -1.19. The third-order valence-corrected chi connectivity index (χ3v) is 3.29. The Balaban J connectivity index is 2.09. The minimum atomic E-state index is 0.237. The third kappa shape index (κ3) is 2.93. The molecule has 0 aromatic heterocycles. The molecule has 0 saturated carbocycles. The van der Waals surface area contributed by atoms with E-state index in [4.69, 9.17) is 4.74 Å². The summed E-state index contributed by atoms with van der Waals surface area (Å²) < 4.78 is 5.72. The molecule has 17 heavy (non-hydrogen) atoms. The largest absolute Gasteiger partial charge is 0.492 e. The first-order valence-electron chi connectivity index (χ1n) is 6.73. The van der Waals surface area contributed by atoms with E-state index in [0.717, 1.165) is 37.4 Å². The second kappa shape index (κ2) is 5.94. The van der Waals surface area contributed by atoms with Crippen LogP contribution in [0.4, 0.5) is 0 Å². The van der Waals surface area contributed by atoms with E-state index >= 15 is 0 Å². The number of carbonyl (C=O) groups excluding carboxylic acids is 1. The molecule has 0 spiro atoms. The smallest absolute Gasteiger partial charge is 0.228 e. The van der Waals surface area contributed by atoms with Crippen molar-refractivity contribution < 1.29 is 9.53 Å². The Morgan fingerprint density at radius 1 is 1.41 bits per heavy atom. The predicted octanol–water partition coefficient (Wildman–Crippen LogP) is 1.98. The Bertz CT molecular complexity index is 313. The van der Waals surface area contributed by atoms with Crippen LogP contribution in [0.5, 0.6) is 0 Å². The highest BCUT2D eigenvalue weighted by atomic mass is 16.5. The molecule has 96 valence electrons. The van der Waals surface area contributed by atoms with Crippen molar-refractivity contribution in [2.45, 2.75) is 45.4 Å². The Labute approximate surface area is 103 Å². The summed E-state index contributed by atoms with van der Waals surface area (Å²) in [5.74, 6) is 2.16. The molecular formula is C13H22N2O2. The standard InChI is InChI=1S/C13H22N2O2/c1-2-3-4-6-11-13-14-8-5-7-12(16)15(13)9-10-17-11/h14H,2-10H2,1H3. The van der Waals surface area contributed by atoms with Crippen molar-refractivity contribution >= 4 is 5.91 Å². The number of hydrogen-bond donors (Lipinski definition) is 1. The van der Waals surface area contributed by atoms with Crippen LogP contribution in [-0.2, 0) is 9.53 Å². The Morgan fingerprint density at radius 2 is 2.29 bits per heavy atom. The minimum Gasteiger partial charge on any atom is -0.492 e. The van der Waals surface area contributed by atoms with E-state index in [-0.39, 0.29) is 5.91 Å². The van der Waals surface area contributed by atoms with E-state index in [9.17, 15) is 4.79 Å². The molecule has 4 nitrogen and oxygen atoms in total. The number of nitrogens with zero attached hydrogens (tertiary/aromatic N) is 1. The van der Waals surface area contributed by atoms with Gasteiger partial charge < -0.3 is 10.1 Å². The van der Waals surface area contributed by atoms with Crippen LogP contribution in [0, 0.1) is 0 Å². The van der Waals surface area contributed by atoms with Crippen molar-refractivity contribution in [3.8, 4) is 0 Å². The average Bonchev–Trinajstić information content (AvgIpc) is 2.53. The highest BCUT2D eigenvalue weighted by molar-refractivity contribution is 5.78. The van der Waals surface area contributed by atoms with Crippen molar-refractivity contribution in [3.63, 3.8) is 0 Å². The highest BCUT2D eigenvalue weighted by Gasteiger charge is 2.27. The normalized spacial score (nSPS) is 20.5. The van der Waals surface area contributed by atoms with Crippen LogP contribution in [0.2, 0.25) is 0 Å². The van der Waals surface area contributed by atoms with Gasteiger partial charge in [-0.3, -0.25) is 9.69 Å². The molecule has 0 bridgehead atoms. The van der Waals surface area contributed by atoms with Crippen LogP contribution in [0.15, 0.2) is 11.6 Å². The van der Waals surface area contributed by atoms with Crippen LogP contribution >= 0.6 is 0 Å². The molecule has 1 fully saturated rings. The summed E-state index contributed by atoms with van der Waals surface area (Å²) in [5, 5.41) is 3.35. The fraction of sp³-hybridized carbons (Fsp3) is 0.769. The molecule has 0 aromatic rings. The highest BCUT2D eigenvalue weighted by Crippen LogP contribution is 2.23. The monoisotopic (exact) mass is 238 g/mol. The number of ether oxygens (including phenoxy) is 1. The van der Waals surface area contributed by atoms with Gasteiger partial charge in [-0.1, -0.05) is 19.8 Å². The zero-order chi connectivity index (χ0) is 12.1. The molecule has 4 heteroatoms. The van der Waals surface area contributed by atoms with Gasteiger partial charge in [0.05, 0.1) is 6.54 Å². The summed E-state index contributed by atoms with van der Waals surface area (Å²) in [6, 6.07) is 0. The van der Waals surface area contributed by atoms with Gasteiger partial charge in [0.15, 0.2) is 0 Å². The number of nitrogens with one attached hydrogen (secondary N) is 1. The average molecular weight is 238 g/mol. The van der Waals surface area contributed by atoms with Gasteiger partial charge in [0.2, 0.25) is 5.91 Å².